The zero-order chi connectivity index (χ0) is 21.0. The van der Waals surface area contributed by atoms with Crippen LogP contribution in [-0.2, 0) is 9.59 Å². The van der Waals surface area contributed by atoms with Crippen LogP contribution in [0.1, 0.15) is 23.6 Å². The number of benzene rings is 2. The van der Waals surface area contributed by atoms with Crippen molar-refractivity contribution in [2.75, 3.05) is 16.4 Å². The summed E-state index contributed by atoms with van der Waals surface area (Å²) in [6.45, 7) is 7.47. The summed E-state index contributed by atoms with van der Waals surface area (Å²) in [5.41, 5.74) is 5.46. The fourth-order valence-corrected chi connectivity index (χ4v) is 3.48. The number of nitrogens with one attached hydrogen (secondary N) is 2. The van der Waals surface area contributed by atoms with Crippen LogP contribution in [0.5, 0.6) is 0 Å². The number of amides is 2. The van der Waals surface area contributed by atoms with E-state index in [2.05, 4.69) is 40.7 Å². The van der Waals surface area contributed by atoms with Gasteiger partial charge in [0.15, 0.2) is 5.16 Å². The maximum atomic E-state index is 12.5. The second kappa shape index (κ2) is 8.91. The number of thioether (sulfide) groups is 1. The molecule has 1 heterocycles. The van der Waals surface area contributed by atoms with E-state index in [-0.39, 0.29) is 17.6 Å². The van der Waals surface area contributed by atoms with Crippen molar-refractivity contribution < 1.29 is 9.59 Å². The maximum Gasteiger partial charge on any atom is 0.234 e. The Morgan fingerprint density at radius 2 is 1.79 bits per heavy atom. The molecule has 7 nitrogen and oxygen atoms in total. The van der Waals surface area contributed by atoms with Crippen molar-refractivity contribution in [3.63, 3.8) is 0 Å². The number of hydrogen-bond donors (Lipinski definition) is 2. The zero-order valence-corrected chi connectivity index (χ0v) is 17.6. The van der Waals surface area contributed by atoms with Gasteiger partial charge in [0, 0.05) is 12.6 Å². The van der Waals surface area contributed by atoms with Crippen LogP contribution in [0.25, 0.3) is 5.69 Å². The van der Waals surface area contributed by atoms with E-state index in [1.54, 1.807) is 12.4 Å². The van der Waals surface area contributed by atoms with Crippen LogP contribution in [0.3, 0.4) is 0 Å². The van der Waals surface area contributed by atoms with E-state index in [0.717, 1.165) is 11.3 Å². The molecule has 0 aliphatic rings. The molecule has 0 radical (unpaired) electrons. The largest absolute Gasteiger partial charge is 0.325 e. The van der Waals surface area contributed by atoms with Crippen LogP contribution in [0, 0.1) is 20.8 Å². The summed E-state index contributed by atoms with van der Waals surface area (Å²) in [4.78, 5) is 23.9. The van der Waals surface area contributed by atoms with Crippen molar-refractivity contribution in [2.24, 2.45) is 0 Å². The Morgan fingerprint density at radius 3 is 2.52 bits per heavy atom. The fraction of sp³-hybridized carbons (Fsp3) is 0.238. The van der Waals surface area contributed by atoms with Gasteiger partial charge >= 0.3 is 0 Å². The van der Waals surface area contributed by atoms with Crippen LogP contribution in [-0.4, -0.2) is 32.3 Å². The minimum atomic E-state index is -0.194. The van der Waals surface area contributed by atoms with Gasteiger partial charge in [0.05, 0.1) is 17.1 Å². The van der Waals surface area contributed by atoms with Gasteiger partial charge in [-0.1, -0.05) is 23.9 Å². The van der Waals surface area contributed by atoms with Gasteiger partial charge in [0.1, 0.15) is 6.33 Å². The first kappa shape index (κ1) is 20.6. The van der Waals surface area contributed by atoms with Crippen LogP contribution in [0.2, 0.25) is 0 Å². The summed E-state index contributed by atoms with van der Waals surface area (Å²) in [5.74, 6) is -0.223. The highest BCUT2D eigenvalue weighted by Crippen LogP contribution is 2.25. The predicted molar refractivity (Wildman–Crippen MR) is 116 cm³/mol. The smallest absolute Gasteiger partial charge is 0.234 e. The molecule has 3 aromatic rings. The summed E-state index contributed by atoms with van der Waals surface area (Å²) in [6, 6.07) is 11.6. The number of hydrogen-bond acceptors (Lipinski definition) is 5. The van der Waals surface area contributed by atoms with E-state index in [4.69, 9.17) is 0 Å². The first-order valence-electron chi connectivity index (χ1n) is 9.12. The highest BCUT2D eigenvalue weighted by atomic mass is 32.2. The number of carbonyl (C=O) groups excluding carboxylic acids is 2. The Labute approximate surface area is 173 Å². The summed E-state index contributed by atoms with van der Waals surface area (Å²) in [5, 5.41) is 14.3. The first-order chi connectivity index (χ1) is 13.8. The highest BCUT2D eigenvalue weighted by molar-refractivity contribution is 7.99. The molecule has 0 unspecified atom stereocenters. The molecular weight excluding hydrogens is 386 g/mol. The van der Waals surface area contributed by atoms with Gasteiger partial charge < -0.3 is 10.6 Å². The molecule has 0 fully saturated rings. The standard InChI is InChI=1S/C21H23N5O2S/c1-13-5-8-18(23-16(4)27)19(9-13)24-20(28)11-29-21-25-22-12-26(21)17-7-6-14(2)15(3)10-17/h5-10,12H,11H2,1-4H3,(H,23,27)(H,24,28). The normalized spacial score (nSPS) is 10.6. The molecule has 150 valence electrons. The Balaban J connectivity index is 1.70. The van der Waals surface area contributed by atoms with E-state index in [1.165, 1.54) is 29.8 Å². The molecule has 0 saturated heterocycles. The summed E-state index contributed by atoms with van der Waals surface area (Å²) >= 11 is 1.30. The molecule has 0 atom stereocenters. The van der Waals surface area contributed by atoms with Gasteiger partial charge in [-0.15, -0.1) is 10.2 Å². The molecule has 1 aromatic heterocycles. The second-order valence-electron chi connectivity index (χ2n) is 6.82. The van der Waals surface area contributed by atoms with Crippen LogP contribution < -0.4 is 10.6 Å². The molecule has 0 saturated carbocycles. The van der Waals surface area contributed by atoms with Crippen molar-refractivity contribution in [1.82, 2.24) is 14.8 Å². The van der Waals surface area contributed by atoms with Crippen LogP contribution in [0.15, 0.2) is 47.9 Å². The lowest BCUT2D eigenvalue weighted by molar-refractivity contribution is -0.115. The van der Waals surface area contributed by atoms with Gasteiger partial charge in [0.2, 0.25) is 11.8 Å². The number of nitrogens with zero attached hydrogens (tertiary/aromatic N) is 3. The summed E-state index contributed by atoms with van der Waals surface area (Å²) in [6.07, 6.45) is 1.64. The quantitative estimate of drug-likeness (QED) is 0.603. The fourth-order valence-electron chi connectivity index (χ4n) is 2.75. The molecule has 8 heteroatoms. The molecular formula is C21H23N5O2S. The van der Waals surface area contributed by atoms with E-state index >= 15 is 0 Å². The van der Waals surface area contributed by atoms with E-state index in [9.17, 15) is 9.59 Å². The van der Waals surface area contributed by atoms with Crippen molar-refractivity contribution in [1.29, 1.82) is 0 Å². The summed E-state index contributed by atoms with van der Waals surface area (Å²) in [7, 11) is 0. The van der Waals surface area contributed by atoms with Gasteiger partial charge in [-0.3, -0.25) is 14.2 Å². The average molecular weight is 410 g/mol. The third kappa shape index (κ3) is 5.23. The molecule has 0 aliphatic carbocycles. The molecule has 2 N–H and O–H groups in total. The topological polar surface area (TPSA) is 88.9 Å². The van der Waals surface area contributed by atoms with E-state index < -0.39 is 0 Å². The Morgan fingerprint density at radius 1 is 1.00 bits per heavy atom. The van der Waals surface area contributed by atoms with Gasteiger partial charge in [-0.05, 0) is 61.7 Å². The summed E-state index contributed by atoms with van der Waals surface area (Å²) < 4.78 is 1.86. The van der Waals surface area contributed by atoms with Crippen LogP contribution >= 0.6 is 11.8 Å². The third-order valence-corrected chi connectivity index (χ3v) is 5.32. The monoisotopic (exact) mass is 409 g/mol. The van der Waals surface area contributed by atoms with Gasteiger partial charge in [-0.2, -0.15) is 0 Å². The zero-order valence-electron chi connectivity index (χ0n) is 16.8. The van der Waals surface area contributed by atoms with E-state index in [1.807, 2.05) is 35.8 Å². The maximum absolute atomic E-state index is 12.5. The lowest BCUT2D eigenvalue weighted by Crippen LogP contribution is -2.17. The number of aromatic nitrogens is 3. The molecule has 0 aliphatic heterocycles. The third-order valence-electron chi connectivity index (χ3n) is 4.38. The minimum Gasteiger partial charge on any atom is -0.325 e. The number of anilines is 2. The predicted octanol–water partition coefficient (Wildman–Crippen LogP) is 3.88. The highest BCUT2D eigenvalue weighted by Gasteiger charge is 2.13. The Bertz CT molecular complexity index is 1060. The molecule has 2 aromatic carbocycles. The Hall–Kier alpha value is -3.13. The van der Waals surface area contributed by atoms with Gasteiger partial charge in [0.25, 0.3) is 0 Å². The van der Waals surface area contributed by atoms with Gasteiger partial charge in [-0.25, -0.2) is 0 Å². The van der Waals surface area contributed by atoms with Crippen molar-refractivity contribution in [2.45, 2.75) is 32.9 Å². The first-order valence-corrected chi connectivity index (χ1v) is 10.1. The molecule has 3 rings (SSSR count). The second-order valence-corrected chi connectivity index (χ2v) is 7.76. The van der Waals surface area contributed by atoms with E-state index in [0.29, 0.717) is 16.5 Å². The Kier molecular flexibility index (Phi) is 6.33. The van der Waals surface area contributed by atoms with Crippen molar-refractivity contribution in [3.8, 4) is 5.69 Å². The van der Waals surface area contributed by atoms with Crippen LogP contribution in [0.4, 0.5) is 11.4 Å². The van der Waals surface area contributed by atoms with Crippen molar-refractivity contribution in [3.05, 3.63) is 59.4 Å². The minimum absolute atomic E-state index is 0.164. The SMILES string of the molecule is CC(=O)Nc1ccc(C)cc1NC(=O)CSc1nncn1-c1ccc(C)c(C)c1. The lowest BCUT2D eigenvalue weighted by atomic mass is 10.1. The molecule has 2 amide bonds. The molecule has 0 bridgehead atoms. The van der Waals surface area contributed by atoms with Crippen molar-refractivity contribution >= 4 is 35.0 Å². The average Bonchev–Trinajstić information content (AvgIpc) is 3.13. The number of rotatable bonds is 6. The number of aryl methyl sites for hydroxylation is 3. The number of carbonyl (C=O) groups is 2. The molecule has 29 heavy (non-hydrogen) atoms. The lowest BCUT2D eigenvalue weighted by Gasteiger charge is -2.12. The molecule has 0 spiro atoms.